The number of urea groups is 1. The molecule has 0 saturated heterocycles. The Morgan fingerprint density at radius 3 is 2.33 bits per heavy atom. The van der Waals surface area contributed by atoms with E-state index in [9.17, 15) is 9.59 Å². The summed E-state index contributed by atoms with van der Waals surface area (Å²) >= 11 is 1.67. The first-order chi connectivity index (χ1) is 13.1. The fraction of sp³-hybridized carbons (Fsp3) is 0.200. The van der Waals surface area contributed by atoms with Crippen molar-refractivity contribution in [2.45, 2.75) is 11.8 Å². The Balaban J connectivity index is 1.62. The zero-order valence-corrected chi connectivity index (χ0v) is 16.1. The van der Waals surface area contributed by atoms with Crippen LogP contribution in [0.3, 0.4) is 0 Å². The summed E-state index contributed by atoms with van der Waals surface area (Å²) in [6.07, 6.45) is 0. The third-order valence-corrected chi connectivity index (χ3v) is 5.21. The SMILES string of the molecule is Cc1c(NC(=O)NCCSc2ccccc2)c(=O)n(-c2ccccc2)n1C. The van der Waals surface area contributed by atoms with Gasteiger partial charge in [-0.2, -0.15) is 0 Å². The Morgan fingerprint density at radius 2 is 1.67 bits per heavy atom. The summed E-state index contributed by atoms with van der Waals surface area (Å²) in [7, 11) is 1.79. The zero-order chi connectivity index (χ0) is 19.2. The summed E-state index contributed by atoms with van der Waals surface area (Å²) in [5.41, 5.74) is 1.48. The van der Waals surface area contributed by atoms with Gasteiger partial charge in [-0.3, -0.25) is 9.48 Å². The van der Waals surface area contributed by atoms with Crippen LogP contribution in [0.4, 0.5) is 10.5 Å². The molecule has 2 N–H and O–H groups in total. The van der Waals surface area contributed by atoms with Gasteiger partial charge in [0.2, 0.25) is 0 Å². The number of carbonyl (C=O) groups is 1. The Hall–Kier alpha value is -2.93. The summed E-state index contributed by atoms with van der Waals surface area (Å²) in [4.78, 5) is 26.1. The molecule has 140 valence electrons. The summed E-state index contributed by atoms with van der Waals surface area (Å²) in [5, 5.41) is 5.49. The summed E-state index contributed by atoms with van der Waals surface area (Å²) in [6, 6.07) is 19.0. The Morgan fingerprint density at radius 1 is 1.04 bits per heavy atom. The Labute approximate surface area is 162 Å². The van der Waals surface area contributed by atoms with Crippen molar-refractivity contribution in [1.29, 1.82) is 0 Å². The number of benzene rings is 2. The van der Waals surface area contributed by atoms with Gasteiger partial charge in [0.05, 0.1) is 11.4 Å². The predicted octanol–water partition coefficient (Wildman–Crippen LogP) is 3.40. The molecule has 0 aliphatic heterocycles. The van der Waals surface area contributed by atoms with Crippen molar-refractivity contribution in [1.82, 2.24) is 14.7 Å². The second-order valence-corrected chi connectivity index (χ2v) is 7.15. The van der Waals surface area contributed by atoms with Gasteiger partial charge in [0.15, 0.2) is 0 Å². The van der Waals surface area contributed by atoms with Crippen LogP contribution >= 0.6 is 11.8 Å². The van der Waals surface area contributed by atoms with Crippen LogP contribution in [0, 0.1) is 6.92 Å². The van der Waals surface area contributed by atoms with Crippen LogP contribution in [0.1, 0.15) is 5.69 Å². The fourth-order valence-electron chi connectivity index (χ4n) is 2.72. The van der Waals surface area contributed by atoms with E-state index in [-0.39, 0.29) is 17.3 Å². The number of para-hydroxylation sites is 1. The average molecular weight is 382 g/mol. The quantitative estimate of drug-likeness (QED) is 0.507. The second-order valence-electron chi connectivity index (χ2n) is 5.98. The number of nitrogens with zero attached hydrogens (tertiary/aromatic N) is 2. The Bertz CT molecular complexity index is 965. The number of rotatable bonds is 6. The lowest BCUT2D eigenvalue weighted by atomic mass is 10.3. The number of carbonyl (C=O) groups excluding carboxylic acids is 1. The topological polar surface area (TPSA) is 68.1 Å². The van der Waals surface area contributed by atoms with Crippen LogP contribution < -0.4 is 16.2 Å². The van der Waals surface area contributed by atoms with Crippen LogP contribution in [-0.2, 0) is 7.05 Å². The first-order valence-electron chi connectivity index (χ1n) is 8.64. The molecule has 0 fully saturated rings. The molecule has 3 rings (SSSR count). The molecule has 0 atom stereocenters. The minimum absolute atomic E-state index is 0.255. The van der Waals surface area contributed by atoms with Gasteiger partial charge in [0, 0.05) is 24.2 Å². The van der Waals surface area contributed by atoms with Gasteiger partial charge >= 0.3 is 6.03 Å². The fourth-order valence-corrected chi connectivity index (χ4v) is 3.51. The van der Waals surface area contributed by atoms with Crippen LogP contribution in [0.2, 0.25) is 0 Å². The normalized spacial score (nSPS) is 10.6. The van der Waals surface area contributed by atoms with Gasteiger partial charge in [-0.05, 0) is 31.2 Å². The molecular formula is C20H22N4O2S. The first-order valence-corrected chi connectivity index (χ1v) is 9.63. The van der Waals surface area contributed by atoms with E-state index in [1.807, 2.05) is 67.6 Å². The van der Waals surface area contributed by atoms with Gasteiger partial charge < -0.3 is 10.6 Å². The van der Waals surface area contributed by atoms with Crippen LogP contribution in [0.5, 0.6) is 0 Å². The standard InChI is InChI=1S/C20H22N4O2S/c1-15-18(19(25)24(23(15)2)16-9-5-3-6-10-16)22-20(26)21-13-14-27-17-11-7-4-8-12-17/h3-12H,13-14H2,1-2H3,(H2,21,22,26). The monoisotopic (exact) mass is 382 g/mol. The smallest absolute Gasteiger partial charge is 0.319 e. The minimum Gasteiger partial charge on any atom is -0.337 e. The molecule has 0 spiro atoms. The summed E-state index contributed by atoms with van der Waals surface area (Å²) in [5.74, 6) is 0.749. The molecule has 2 amide bonds. The number of anilines is 1. The van der Waals surface area contributed by atoms with Crippen molar-refractivity contribution in [2.75, 3.05) is 17.6 Å². The number of aromatic nitrogens is 2. The highest BCUT2D eigenvalue weighted by Crippen LogP contribution is 2.16. The molecule has 1 aromatic heterocycles. The summed E-state index contributed by atoms with van der Waals surface area (Å²) < 4.78 is 3.27. The number of hydrogen-bond acceptors (Lipinski definition) is 3. The third kappa shape index (κ3) is 4.43. The molecular weight excluding hydrogens is 360 g/mol. The van der Waals surface area contributed by atoms with Crippen molar-refractivity contribution in [3.8, 4) is 5.69 Å². The van der Waals surface area contributed by atoms with Crippen molar-refractivity contribution in [3.05, 3.63) is 76.7 Å². The highest BCUT2D eigenvalue weighted by molar-refractivity contribution is 7.99. The molecule has 0 unspecified atom stereocenters. The maximum Gasteiger partial charge on any atom is 0.319 e. The minimum atomic E-state index is -0.380. The van der Waals surface area contributed by atoms with Gasteiger partial charge in [-0.25, -0.2) is 9.48 Å². The van der Waals surface area contributed by atoms with Crippen LogP contribution in [-0.4, -0.2) is 27.7 Å². The largest absolute Gasteiger partial charge is 0.337 e. The first kappa shape index (κ1) is 18.8. The van der Waals surface area contributed by atoms with E-state index in [0.29, 0.717) is 12.2 Å². The second kappa shape index (κ2) is 8.64. The van der Waals surface area contributed by atoms with Gasteiger partial charge in [-0.1, -0.05) is 36.4 Å². The average Bonchev–Trinajstić information content (AvgIpc) is 2.90. The van der Waals surface area contributed by atoms with Gasteiger partial charge in [0.1, 0.15) is 5.69 Å². The number of nitrogens with one attached hydrogen (secondary N) is 2. The van der Waals surface area contributed by atoms with Gasteiger partial charge in [0.25, 0.3) is 5.56 Å². The van der Waals surface area contributed by atoms with E-state index in [1.54, 1.807) is 23.5 Å². The lowest BCUT2D eigenvalue weighted by Gasteiger charge is -2.07. The van der Waals surface area contributed by atoms with Crippen LogP contribution in [0.15, 0.2) is 70.4 Å². The van der Waals surface area contributed by atoms with E-state index in [0.717, 1.165) is 16.3 Å². The van der Waals surface area contributed by atoms with Crippen molar-refractivity contribution < 1.29 is 4.79 Å². The molecule has 1 heterocycles. The van der Waals surface area contributed by atoms with E-state index < -0.39 is 0 Å². The highest BCUT2D eigenvalue weighted by Gasteiger charge is 2.17. The lowest BCUT2D eigenvalue weighted by molar-refractivity contribution is 0.252. The molecule has 0 bridgehead atoms. The van der Waals surface area contributed by atoms with E-state index in [4.69, 9.17) is 0 Å². The molecule has 27 heavy (non-hydrogen) atoms. The van der Waals surface area contributed by atoms with E-state index >= 15 is 0 Å². The van der Waals surface area contributed by atoms with Crippen LogP contribution in [0.25, 0.3) is 5.69 Å². The van der Waals surface area contributed by atoms with Crippen molar-refractivity contribution in [2.24, 2.45) is 7.05 Å². The highest BCUT2D eigenvalue weighted by atomic mass is 32.2. The molecule has 0 saturated carbocycles. The van der Waals surface area contributed by atoms with Crippen molar-refractivity contribution in [3.63, 3.8) is 0 Å². The molecule has 0 aliphatic rings. The van der Waals surface area contributed by atoms with E-state index in [2.05, 4.69) is 10.6 Å². The maximum atomic E-state index is 12.8. The molecule has 6 nitrogen and oxygen atoms in total. The molecule has 7 heteroatoms. The molecule has 0 aliphatic carbocycles. The molecule has 0 radical (unpaired) electrons. The number of amides is 2. The lowest BCUT2D eigenvalue weighted by Crippen LogP contribution is -2.32. The molecule has 3 aromatic rings. The molecule has 2 aromatic carbocycles. The van der Waals surface area contributed by atoms with E-state index in [1.165, 1.54) is 4.68 Å². The predicted molar refractivity (Wildman–Crippen MR) is 110 cm³/mol. The number of hydrogen-bond donors (Lipinski definition) is 2. The maximum absolute atomic E-state index is 12.8. The zero-order valence-electron chi connectivity index (χ0n) is 15.3. The Kier molecular flexibility index (Phi) is 6.03. The van der Waals surface area contributed by atoms with Crippen molar-refractivity contribution >= 4 is 23.5 Å². The third-order valence-electron chi connectivity index (χ3n) is 4.19. The summed E-state index contributed by atoms with van der Waals surface area (Å²) in [6.45, 7) is 2.31. The van der Waals surface area contributed by atoms with Gasteiger partial charge in [-0.15, -0.1) is 11.8 Å². The number of thioether (sulfide) groups is 1.